The molecule has 0 spiro atoms. The number of rotatable bonds is 1. The number of ether oxygens (including phenoxy) is 1. The summed E-state index contributed by atoms with van der Waals surface area (Å²) in [6.45, 7) is 6.15. The van der Waals surface area contributed by atoms with Crippen molar-refractivity contribution < 1.29 is 14.6 Å². The van der Waals surface area contributed by atoms with Gasteiger partial charge in [-0.25, -0.2) is 0 Å². The van der Waals surface area contributed by atoms with Crippen LogP contribution in [0.3, 0.4) is 0 Å². The number of hydrogen-bond donors (Lipinski definition) is 1. The second kappa shape index (κ2) is 2.94. The smallest absolute Gasteiger partial charge is 0.232 e. The highest BCUT2D eigenvalue weighted by Gasteiger charge is 2.56. The Morgan fingerprint density at radius 1 is 1.64 bits per heavy atom. The summed E-state index contributed by atoms with van der Waals surface area (Å²) in [6.07, 6.45) is 0.294. The first-order chi connectivity index (χ1) is 6.45. The Hall–Kier alpha value is -0.610. The van der Waals surface area contributed by atoms with Crippen LogP contribution >= 0.6 is 0 Å². The Kier molecular flexibility index (Phi) is 2.08. The maximum Gasteiger partial charge on any atom is 0.232 e. The summed E-state index contributed by atoms with van der Waals surface area (Å²) in [5.41, 5.74) is -0.495. The molecular weight excluding hydrogens is 182 g/mol. The van der Waals surface area contributed by atoms with Crippen LogP contribution in [-0.2, 0) is 9.53 Å². The Morgan fingerprint density at radius 2 is 2.29 bits per heavy atom. The summed E-state index contributed by atoms with van der Waals surface area (Å²) >= 11 is 0. The van der Waals surface area contributed by atoms with Crippen molar-refractivity contribution in [3.63, 3.8) is 0 Å². The molecule has 4 nitrogen and oxygen atoms in total. The molecule has 0 aromatic rings. The van der Waals surface area contributed by atoms with Crippen molar-refractivity contribution in [1.29, 1.82) is 0 Å². The summed E-state index contributed by atoms with van der Waals surface area (Å²) in [5, 5.41) is 9.46. The van der Waals surface area contributed by atoms with Crippen molar-refractivity contribution in [2.75, 3.05) is 6.61 Å². The van der Waals surface area contributed by atoms with Crippen molar-refractivity contribution in [3.8, 4) is 0 Å². The van der Waals surface area contributed by atoms with E-state index in [1.54, 1.807) is 11.8 Å². The second-order valence-corrected chi connectivity index (χ2v) is 4.63. The van der Waals surface area contributed by atoms with Crippen LogP contribution in [0.25, 0.3) is 0 Å². The number of aliphatic hydroxyl groups excluding tert-OH is 1. The highest BCUT2D eigenvalue weighted by atomic mass is 16.5. The SMILES string of the molecule is C[C@H](O)[C@@H]1C(=O)N2[C@H]1CCOC2(C)C. The van der Waals surface area contributed by atoms with Gasteiger partial charge in [-0.1, -0.05) is 0 Å². The van der Waals surface area contributed by atoms with Gasteiger partial charge < -0.3 is 14.7 Å². The van der Waals surface area contributed by atoms with Gasteiger partial charge in [-0.15, -0.1) is 0 Å². The highest BCUT2D eigenvalue weighted by molar-refractivity contribution is 5.87. The molecule has 0 radical (unpaired) electrons. The zero-order chi connectivity index (χ0) is 10.5. The molecule has 2 heterocycles. The molecular formula is C10H17NO3. The van der Waals surface area contributed by atoms with E-state index in [2.05, 4.69) is 0 Å². The van der Waals surface area contributed by atoms with E-state index in [-0.39, 0.29) is 17.9 Å². The minimum atomic E-state index is -0.544. The van der Waals surface area contributed by atoms with E-state index in [0.29, 0.717) is 6.61 Å². The van der Waals surface area contributed by atoms with E-state index in [0.717, 1.165) is 6.42 Å². The molecule has 2 saturated heterocycles. The van der Waals surface area contributed by atoms with Gasteiger partial charge in [0, 0.05) is 0 Å². The van der Waals surface area contributed by atoms with Gasteiger partial charge in [0.1, 0.15) is 5.72 Å². The van der Waals surface area contributed by atoms with Gasteiger partial charge in [-0.2, -0.15) is 0 Å². The molecule has 2 aliphatic rings. The number of β-lactam (4-membered cyclic amide) rings is 1. The molecule has 80 valence electrons. The molecule has 2 rings (SSSR count). The van der Waals surface area contributed by atoms with E-state index in [1.165, 1.54) is 0 Å². The van der Waals surface area contributed by atoms with Gasteiger partial charge in [0.15, 0.2) is 0 Å². The molecule has 14 heavy (non-hydrogen) atoms. The molecule has 0 aromatic carbocycles. The normalized spacial score (nSPS) is 37.4. The first kappa shape index (κ1) is 9.93. The van der Waals surface area contributed by atoms with Gasteiger partial charge in [0.2, 0.25) is 5.91 Å². The van der Waals surface area contributed by atoms with Crippen LogP contribution in [0, 0.1) is 5.92 Å². The Balaban J connectivity index is 2.17. The number of fused-ring (bicyclic) bond motifs is 1. The van der Waals surface area contributed by atoms with Crippen molar-refractivity contribution in [1.82, 2.24) is 4.90 Å². The number of carbonyl (C=O) groups is 1. The summed E-state index contributed by atoms with van der Waals surface area (Å²) in [6, 6.07) is 0.172. The van der Waals surface area contributed by atoms with E-state index in [4.69, 9.17) is 4.74 Å². The number of carbonyl (C=O) groups excluding carboxylic acids is 1. The predicted octanol–water partition coefficient (Wildman–Crippen LogP) is 0.351. The number of amides is 1. The van der Waals surface area contributed by atoms with Crippen LogP contribution in [-0.4, -0.2) is 40.4 Å². The topological polar surface area (TPSA) is 49.8 Å². The summed E-state index contributed by atoms with van der Waals surface area (Å²) < 4.78 is 5.52. The van der Waals surface area contributed by atoms with Crippen LogP contribution in [0.4, 0.5) is 0 Å². The average molecular weight is 199 g/mol. The third-order valence-electron chi connectivity index (χ3n) is 3.24. The minimum absolute atomic E-state index is 0.0229. The molecule has 0 aromatic heterocycles. The third kappa shape index (κ3) is 1.17. The van der Waals surface area contributed by atoms with Crippen molar-refractivity contribution in [2.24, 2.45) is 5.92 Å². The summed E-state index contributed by atoms with van der Waals surface area (Å²) in [4.78, 5) is 13.5. The second-order valence-electron chi connectivity index (χ2n) is 4.63. The van der Waals surface area contributed by atoms with Crippen LogP contribution in [0.5, 0.6) is 0 Å². The third-order valence-corrected chi connectivity index (χ3v) is 3.24. The van der Waals surface area contributed by atoms with E-state index >= 15 is 0 Å². The summed E-state index contributed by atoms with van der Waals surface area (Å²) in [7, 11) is 0. The fourth-order valence-electron chi connectivity index (χ4n) is 2.57. The van der Waals surface area contributed by atoms with Gasteiger partial charge in [0.05, 0.1) is 24.7 Å². The molecule has 3 atom stereocenters. The standard InChI is InChI=1S/C10H17NO3/c1-6(12)8-7-4-5-14-10(2,3)11(7)9(8)13/h6-8,12H,4-5H2,1-3H3/t6-,7-,8-/m0/s1. The van der Waals surface area contributed by atoms with E-state index in [9.17, 15) is 9.90 Å². The first-order valence-electron chi connectivity index (χ1n) is 5.10. The van der Waals surface area contributed by atoms with Crippen molar-refractivity contribution in [2.45, 2.75) is 45.1 Å². The molecule has 4 heteroatoms. The molecule has 0 saturated carbocycles. The molecule has 0 aliphatic carbocycles. The van der Waals surface area contributed by atoms with Crippen LogP contribution < -0.4 is 0 Å². The van der Waals surface area contributed by atoms with Crippen molar-refractivity contribution in [3.05, 3.63) is 0 Å². The number of aliphatic hydroxyl groups is 1. The van der Waals surface area contributed by atoms with Crippen LogP contribution in [0.15, 0.2) is 0 Å². The minimum Gasteiger partial charge on any atom is -0.393 e. The highest BCUT2D eigenvalue weighted by Crippen LogP contribution is 2.41. The Bertz CT molecular complexity index is 262. The van der Waals surface area contributed by atoms with Gasteiger partial charge in [0.25, 0.3) is 0 Å². The van der Waals surface area contributed by atoms with E-state index < -0.39 is 11.8 Å². The molecule has 2 fully saturated rings. The quantitative estimate of drug-likeness (QED) is 0.620. The van der Waals surface area contributed by atoms with Gasteiger partial charge >= 0.3 is 0 Å². The lowest BCUT2D eigenvalue weighted by Gasteiger charge is -2.58. The van der Waals surface area contributed by atoms with Gasteiger partial charge in [-0.05, 0) is 27.2 Å². The Labute approximate surface area is 83.8 Å². The number of hydrogen-bond acceptors (Lipinski definition) is 3. The monoisotopic (exact) mass is 199 g/mol. The number of nitrogens with zero attached hydrogens (tertiary/aromatic N) is 1. The average Bonchev–Trinajstić information content (AvgIpc) is 1.99. The molecule has 1 amide bonds. The van der Waals surface area contributed by atoms with Crippen LogP contribution in [0.2, 0.25) is 0 Å². The first-order valence-corrected chi connectivity index (χ1v) is 5.10. The van der Waals surface area contributed by atoms with Gasteiger partial charge in [-0.3, -0.25) is 4.79 Å². The molecule has 0 bridgehead atoms. The molecule has 0 unspecified atom stereocenters. The van der Waals surface area contributed by atoms with E-state index in [1.807, 2.05) is 13.8 Å². The van der Waals surface area contributed by atoms with Crippen LogP contribution in [0.1, 0.15) is 27.2 Å². The maximum atomic E-state index is 11.7. The zero-order valence-corrected chi connectivity index (χ0v) is 8.86. The van der Waals surface area contributed by atoms with Crippen molar-refractivity contribution >= 4 is 5.91 Å². The fourth-order valence-corrected chi connectivity index (χ4v) is 2.57. The predicted molar refractivity (Wildman–Crippen MR) is 50.5 cm³/mol. The largest absolute Gasteiger partial charge is 0.393 e. The molecule has 2 aliphatic heterocycles. The fraction of sp³-hybridized carbons (Fsp3) is 0.900. The zero-order valence-electron chi connectivity index (χ0n) is 8.86. The Morgan fingerprint density at radius 3 is 2.86 bits per heavy atom. The maximum absolute atomic E-state index is 11.7. The lowest BCUT2D eigenvalue weighted by atomic mass is 9.79. The lowest BCUT2D eigenvalue weighted by molar-refractivity contribution is -0.240. The lowest BCUT2D eigenvalue weighted by Crippen LogP contribution is -2.73. The summed E-state index contributed by atoms with van der Waals surface area (Å²) in [5.74, 6) is -0.187. The molecule has 1 N–H and O–H groups in total.